The molecule has 1 N–H and O–H groups in total. The number of aromatic nitrogens is 1. The number of pyridine rings is 1. The molecule has 56 heavy (non-hydrogen) atoms. The summed E-state index contributed by atoms with van der Waals surface area (Å²) >= 11 is 0. The monoisotopic (exact) mass is 793 g/mol. The molecule has 7 atom stereocenters. The van der Waals surface area contributed by atoms with Crippen LogP contribution in [0, 0.1) is 28.6 Å². The number of carbonyl (C=O) groups is 4. The van der Waals surface area contributed by atoms with E-state index in [0.29, 0.717) is 43.5 Å². The molecule has 3 heterocycles. The SMILES string of the molecule is CC[C@H]1C[C@]1(CC(=O)[C@@H]1C[C@@H]2CN1C(=O)[C@H](C(C)(C)C)CC(=O)O[C@@H]1CCC[C@H]1CCCCCCn1c(cc3ccccc3c1=O)O2)C(=O)NS(=O)(=O)C1CC1. The van der Waals surface area contributed by atoms with Gasteiger partial charge in [-0.25, -0.2) is 8.42 Å². The van der Waals surface area contributed by atoms with Crippen LogP contribution in [0.1, 0.15) is 124 Å². The number of esters is 1. The third kappa shape index (κ3) is 8.43. The van der Waals surface area contributed by atoms with Gasteiger partial charge in [-0.1, -0.05) is 71.6 Å². The van der Waals surface area contributed by atoms with Gasteiger partial charge >= 0.3 is 5.97 Å². The van der Waals surface area contributed by atoms with Crippen molar-refractivity contribution in [3.8, 4) is 5.88 Å². The lowest BCUT2D eigenvalue weighted by Gasteiger charge is -2.35. The molecule has 13 heteroatoms. The normalized spacial score (nSPS) is 30.6. The van der Waals surface area contributed by atoms with Crippen LogP contribution in [0.25, 0.3) is 10.8 Å². The molecule has 1 aromatic heterocycles. The number of ether oxygens (including phenoxy) is 2. The van der Waals surface area contributed by atoms with E-state index in [-0.39, 0.29) is 61.0 Å². The minimum atomic E-state index is -3.83. The number of ketones is 1. The summed E-state index contributed by atoms with van der Waals surface area (Å²) in [6, 6.07) is 8.24. The molecule has 2 aromatic rings. The molecule has 4 fully saturated rings. The molecule has 7 rings (SSSR count). The van der Waals surface area contributed by atoms with Crippen molar-refractivity contribution in [2.24, 2.45) is 28.6 Å². The minimum Gasteiger partial charge on any atom is -0.473 e. The van der Waals surface area contributed by atoms with Crippen molar-refractivity contribution in [3.05, 3.63) is 40.7 Å². The maximum absolute atomic E-state index is 14.9. The summed E-state index contributed by atoms with van der Waals surface area (Å²) in [6.07, 6.45) is 8.29. The number of rotatable bonds is 7. The van der Waals surface area contributed by atoms with Crippen LogP contribution in [0.15, 0.2) is 35.1 Å². The molecule has 0 spiro atoms. The summed E-state index contributed by atoms with van der Waals surface area (Å²) in [6.45, 7) is 8.12. The highest BCUT2D eigenvalue weighted by Gasteiger charge is 2.62. The minimum absolute atomic E-state index is 0.0368. The molecule has 3 aliphatic carbocycles. The van der Waals surface area contributed by atoms with Crippen LogP contribution in [0.3, 0.4) is 0 Å². The zero-order valence-corrected chi connectivity index (χ0v) is 34.2. The first-order chi connectivity index (χ1) is 26.6. The van der Waals surface area contributed by atoms with Gasteiger partial charge in [0.05, 0.1) is 35.6 Å². The molecule has 3 saturated carbocycles. The van der Waals surface area contributed by atoms with Gasteiger partial charge in [0.1, 0.15) is 12.2 Å². The van der Waals surface area contributed by atoms with Gasteiger partial charge in [-0.2, -0.15) is 0 Å². The first kappa shape index (κ1) is 40.5. The number of carbonyl (C=O) groups excluding carboxylic acids is 4. The smallest absolute Gasteiger partial charge is 0.306 e. The predicted molar refractivity (Wildman–Crippen MR) is 211 cm³/mol. The standard InChI is InChI=1S/C43H59N3O9S/c1-5-29-24-43(29,41(51)44-56(52,53)31-18-19-31)25-35(47)34-22-30-26-46(34)40(50)33(42(2,3)4)23-38(48)55-36-17-12-15-27(36)13-8-6-7-11-20-45-37(54-30)21-28-14-9-10-16-32(28)39(45)49/h9-10,14,16,21,27,29-31,33-34,36H,5-8,11-13,15,17-20,22-26H2,1-4H3,(H,44,51)/t27-,29+,30-,33-,34+,36-,43-/m1/s1. The Hall–Kier alpha value is -3.74. The number of fused-ring (bicyclic) bond motifs is 5. The van der Waals surface area contributed by atoms with Crippen molar-refractivity contribution in [2.45, 2.75) is 154 Å². The lowest BCUT2D eigenvalue weighted by Crippen LogP contribution is -2.48. The number of benzene rings is 1. The highest BCUT2D eigenvalue weighted by Crippen LogP contribution is 2.58. The third-order valence-corrected chi connectivity index (χ3v) is 15.2. The van der Waals surface area contributed by atoms with Crippen molar-refractivity contribution in [2.75, 3.05) is 6.54 Å². The number of sulfonamides is 1. The fourth-order valence-corrected chi connectivity index (χ4v) is 11.0. The van der Waals surface area contributed by atoms with E-state index in [2.05, 4.69) is 4.72 Å². The average Bonchev–Trinajstić information content (AvgIpc) is 4.04. The van der Waals surface area contributed by atoms with Crippen molar-refractivity contribution in [3.63, 3.8) is 0 Å². The summed E-state index contributed by atoms with van der Waals surface area (Å²) in [5, 5.41) is 0.725. The fraction of sp³-hybridized carbons (Fsp3) is 0.698. The highest BCUT2D eigenvalue weighted by molar-refractivity contribution is 7.90. The molecule has 0 radical (unpaired) electrons. The van der Waals surface area contributed by atoms with E-state index in [9.17, 15) is 32.4 Å². The zero-order valence-electron chi connectivity index (χ0n) is 33.4. The molecule has 2 amide bonds. The van der Waals surface area contributed by atoms with Crippen LogP contribution in [0.2, 0.25) is 0 Å². The van der Waals surface area contributed by atoms with Gasteiger partial charge in [-0.05, 0) is 80.1 Å². The molecular formula is C43H59N3O9S. The summed E-state index contributed by atoms with van der Waals surface area (Å²) in [5.74, 6) is -2.12. The van der Waals surface area contributed by atoms with Gasteiger partial charge in [-0.15, -0.1) is 0 Å². The highest BCUT2D eigenvalue weighted by atomic mass is 32.2. The first-order valence-corrected chi connectivity index (χ1v) is 22.5. The molecule has 5 aliphatic rings. The number of hydrogen-bond donors (Lipinski definition) is 1. The second-order valence-corrected chi connectivity index (χ2v) is 20.3. The Kier molecular flexibility index (Phi) is 11.5. The van der Waals surface area contributed by atoms with Gasteiger partial charge in [0, 0.05) is 30.8 Å². The number of amides is 2. The topological polar surface area (TPSA) is 158 Å². The maximum Gasteiger partial charge on any atom is 0.306 e. The van der Waals surface area contributed by atoms with Crippen LogP contribution in [-0.4, -0.2) is 71.5 Å². The molecule has 306 valence electrons. The lowest BCUT2D eigenvalue weighted by atomic mass is 9.77. The van der Waals surface area contributed by atoms with E-state index in [1.54, 1.807) is 10.6 Å². The van der Waals surface area contributed by atoms with Gasteiger partial charge < -0.3 is 14.4 Å². The second kappa shape index (κ2) is 15.9. The van der Waals surface area contributed by atoms with Crippen molar-refractivity contribution < 1.29 is 37.1 Å². The molecule has 12 nitrogen and oxygen atoms in total. The maximum atomic E-state index is 14.9. The number of Topliss-reactive ketones (excluding diaryl/α,β-unsaturated/α-hetero) is 1. The largest absolute Gasteiger partial charge is 0.473 e. The lowest BCUT2D eigenvalue weighted by molar-refractivity contribution is -0.158. The van der Waals surface area contributed by atoms with E-state index in [4.69, 9.17) is 9.47 Å². The Balaban J connectivity index is 1.23. The fourth-order valence-electron chi connectivity index (χ4n) is 9.66. The van der Waals surface area contributed by atoms with Crippen LogP contribution in [0.4, 0.5) is 0 Å². The average molecular weight is 794 g/mol. The van der Waals surface area contributed by atoms with Crippen molar-refractivity contribution in [1.82, 2.24) is 14.2 Å². The zero-order chi connectivity index (χ0) is 40.0. The number of nitrogens with one attached hydrogen (secondary N) is 1. The van der Waals surface area contributed by atoms with Crippen LogP contribution in [-0.2, 0) is 40.5 Å². The van der Waals surface area contributed by atoms with Gasteiger partial charge in [0.25, 0.3) is 5.56 Å². The predicted octanol–water partition coefficient (Wildman–Crippen LogP) is 6.06. The summed E-state index contributed by atoms with van der Waals surface area (Å²) < 4.78 is 42.4. The van der Waals surface area contributed by atoms with Gasteiger partial charge in [-0.3, -0.25) is 33.3 Å². The Morgan fingerprint density at radius 2 is 1.68 bits per heavy atom. The second-order valence-electron chi connectivity index (χ2n) is 18.3. The van der Waals surface area contributed by atoms with E-state index >= 15 is 0 Å². The Bertz CT molecular complexity index is 2020. The third-order valence-electron chi connectivity index (χ3n) is 13.3. The molecular weight excluding hydrogens is 735 g/mol. The van der Waals surface area contributed by atoms with Crippen LogP contribution >= 0.6 is 0 Å². The summed E-state index contributed by atoms with van der Waals surface area (Å²) in [5.41, 5.74) is -2.01. The quantitative estimate of drug-likeness (QED) is 0.329. The molecule has 2 bridgehead atoms. The van der Waals surface area contributed by atoms with Crippen LogP contribution < -0.4 is 15.0 Å². The molecule has 2 aliphatic heterocycles. The Morgan fingerprint density at radius 1 is 0.946 bits per heavy atom. The molecule has 0 unspecified atom stereocenters. The molecule has 1 aromatic carbocycles. The Labute approximate surface area is 330 Å². The van der Waals surface area contributed by atoms with E-state index in [1.807, 2.05) is 52.0 Å². The summed E-state index contributed by atoms with van der Waals surface area (Å²) in [4.78, 5) is 72.3. The van der Waals surface area contributed by atoms with Gasteiger partial charge in [0.15, 0.2) is 11.7 Å². The van der Waals surface area contributed by atoms with E-state index in [1.165, 1.54) is 4.90 Å². The van der Waals surface area contributed by atoms with E-state index < -0.39 is 56.0 Å². The Morgan fingerprint density at radius 3 is 2.39 bits per heavy atom. The van der Waals surface area contributed by atoms with Gasteiger partial charge in [0.2, 0.25) is 21.8 Å². The number of hydrogen-bond acceptors (Lipinski definition) is 9. The van der Waals surface area contributed by atoms with Crippen LogP contribution in [0.5, 0.6) is 5.88 Å². The van der Waals surface area contributed by atoms with Crippen molar-refractivity contribution in [1.29, 1.82) is 0 Å². The number of nitrogens with zero attached hydrogens (tertiary/aromatic N) is 2. The van der Waals surface area contributed by atoms with Crippen molar-refractivity contribution >= 4 is 44.4 Å². The molecule has 1 saturated heterocycles. The first-order valence-electron chi connectivity index (χ1n) is 21.0. The summed E-state index contributed by atoms with van der Waals surface area (Å²) in [7, 11) is -3.83. The van der Waals surface area contributed by atoms with E-state index in [0.717, 1.165) is 56.8 Å².